The van der Waals surface area contributed by atoms with Gasteiger partial charge in [-0.2, -0.15) is 0 Å². The number of amides is 1. The molecule has 1 amide bonds. The van der Waals surface area contributed by atoms with Gasteiger partial charge in [-0.3, -0.25) is 9.10 Å². The first kappa shape index (κ1) is 24.9. The molecule has 0 atom stereocenters. The smallest absolute Gasteiger partial charge is 0.264 e. The summed E-state index contributed by atoms with van der Waals surface area (Å²) in [5.41, 5.74) is 2.22. The summed E-state index contributed by atoms with van der Waals surface area (Å²) in [7, 11) is 2.78. The van der Waals surface area contributed by atoms with Crippen molar-refractivity contribution >= 4 is 27.3 Å². The van der Waals surface area contributed by atoms with E-state index in [0.717, 1.165) is 15.6 Å². The molecule has 0 aromatic heterocycles. The van der Waals surface area contributed by atoms with Gasteiger partial charge in [-0.25, -0.2) is 8.42 Å². The second kappa shape index (κ2) is 10.9. The molecular formula is C25H29N3O5S. The van der Waals surface area contributed by atoms with Crippen molar-refractivity contribution in [2.45, 2.75) is 11.4 Å². The zero-order valence-electron chi connectivity index (χ0n) is 19.7. The van der Waals surface area contributed by atoms with Crippen LogP contribution in [0.25, 0.3) is 0 Å². The number of sulfonamides is 1. The molecule has 0 saturated heterocycles. The van der Waals surface area contributed by atoms with Crippen molar-refractivity contribution in [1.82, 2.24) is 5.32 Å². The van der Waals surface area contributed by atoms with Crippen LogP contribution in [0, 0.1) is 0 Å². The summed E-state index contributed by atoms with van der Waals surface area (Å²) in [6, 6.07) is 20.4. The Morgan fingerprint density at radius 2 is 1.53 bits per heavy atom. The van der Waals surface area contributed by atoms with Crippen LogP contribution in [-0.2, 0) is 21.4 Å². The number of ether oxygens (including phenoxy) is 2. The molecule has 0 heterocycles. The molecule has 1 N–H and O–H groups in total. The summed E-state index contributed by atoms with van der Waals surface area (Å²) >= 11 is 0. The fourth-order valence-electron chi connectivity index (χ4n) is 3.31. The van der Waals surface area contributed by atoms with Gasteiger partial charge >= 0.3 is 0 Å². The average molecular weight is 484 g/mol. The Labute approximate surface area is 200 Å². The number of nitrogens with one attached hydrogen (secondary N) is 1. The van der Waals surface area contributed by atoms with Crippen molar-refractivity contribution < 1.29 is 22.7 Å². The molecule has 9 heteroatoms. The van der Waals surface area contributed by atoms with Crippen LogP contribution < -0.4 is 24.0 Å². The molecule has 3 aromatic carbocycles. The summed E-state index contributed by atoms with van der Waals surface area (Å²) < 4.78 is 38.7. The Morgan fingerprint density at radius 1 is 0.882 bits per heavy atom. The third-order valence-corrected chi connectivity index (χ3v) is 7.00. The first-order valence-corrected chi connectivity index (χ1v) is 12.0. The maximum atomic E-state index is 13.6. The van der Waals surface area contributed by atoms with E-state index < -0.39 is 22.5 Å². The van der Waals surface area contributed by atoms with Crippen LogP contribution in [0.3, 0.4) is 0 Å². The van der Waals surface area contributed by atoms with Crippen molar-refractivity contribution in [3.8, 4) is 11.5 Å². The first-order chi connectivity index (χ1) is 16.3. The molecular weight excluding hydrogens is 454 g/mol. The summed E-state index contributed by atoms with van der Waals surface area (Å²) in [5.74, 6) is 0.423. The largest absolute Gasteiger partial charge is 0.497 e. The number of anilines is 2. The highest BCUT2D eigenvalue weighted by Crippen LogP contribution is 2.32. The van der Waals surface area contributed by atoms with Crippen LogP contribution >= 0.6 is 0 Å². The monoisotopic (exact) mass is 483 g/mol. The van der Waals surface area contributed by atoms with Gasteiger partial charge in [0, 0.05) is 26.3 Å². The van der Waals surface area contributed by atoms with Crippen molar-refractivity contribution in [3.05, 3.63) is 78.4 Å². The molecule has 0 aliphatic heterocycles. The second-order valence-electron chi connectivity index (χ2n) is 7.70. The summed E-state index contributed by atoms with van der Waals surface area (Å²) in [6.45, 7) is -0.139. The Morgan fingerprint density at radius 3 is 2.12 bits per heavy atom. The molecule has 0 radical (unpaired) electrons. The lowest BCUT2D eigenvalue weighted by molar-refractivity contribution is -0.119. The minimum absolute atomic E-state index is 0.0336. The van der Waals surface area contributed by atoms with E-state index in [1.165, 1.54) is 26.4 Å². The fourth-order valence-corrected chi connectivity index (χ4v) is 4.74. The molecule has 3 aromatic rings. The van der Waals surface area contributed by atoms with Gasteiger partial charge in [-0.1, -0.05) is 24.3 Å². The molecule has 0 aliphatic rings. The predicted molar refractivity (Wildman–Crippen MR) is 133 cm³/mol. The third kappa shape index (κ3) is 5.79. The van der Waals surface area contributed by atoms with Gasteiger partial charge in [0.25, 0.3) is 10.0 Å². The maximum absolute atomic E-state index is 13.6. The molecule has 0 saturated carbocycles. The normalized spacial score (nSPS) is 10.9. The van der Waals surface area contributed by atoms with Crippen LogP contribution in [0.1, 0.15) is 5.56 Å². The predicted octanol–water partition coefficient (Wildman–Crippen LogP) is 3.28. The summed E-state index contributed by atoms with van der Waals surface area (Å²) in [4.78, 5) is 14.9. The van der Waals surface area contributed by atoms with Crippen LogP contribution in [-0.4, -0.2) is 49.2 Å². The van der Waals surface area contributed by atoms with Crippen molar-refractivity contribution in [1.29, 1.82) is 0 Å². The highest BCUT2D eigenvalue weighted by molar-refractivity contribution is 7.92. The van der Waals surface area contributed by atoms with Gasteiger partial charge in [0.05, 0.1) is 24.8 Å². The molecule has 3 rings (SSSR count). The average Bonchev–Trinajstić information content (AvgIpc) is 2.86. The van der Waals surface area contributed by atoms with Gasteiger partial charge in [-0.05, 0) is 54.1 Å². The minimum atomic E-state index is -4.07. The van der Waals surface area contributed by atoms with Crippen LogP contribution in [0.5, 0.6) is 11.5 Å². The van der Waals surface area contributed by atoms with E-state index in [9.17, 15) is 13.2 Å². The highest BCUT2D eigenvalue weighted by atomic mass is 32.2. The van der Waals surface area contributed by atoms with Crippen LogP contribution in [0.4, 0.5) is 11.4 Å². The van der Waals surface area contributed by atoms with Crippen molar-refractivity contribution in [3.63, 3.8) is 0 Å². The lowest BCUT2D eigenvalue weighted by atomic mass is 10.2. The zero-order chi connectivity index (χ0) is 24.7. The molecule has 0 bridgehead atoms. The lowest BCUT2D eigenvalue weighted by Crippen LogP contribution is -2.40. The number of carbonyl (C=O) groups is 1. The van der Waals surface area contributed by atoms with E-state index in [1.54, 1.807) is 36.4 Å². The molecule has 0 spiro atoms. The second-order valence-corrected chi connectivity index (χ2v) is 9.56. The number of benzene rings is 3. The van der Waals surface area contributed by atoms with Gasteiger partial charge in [-0.15, -0.1) is 0 Å². The molecule has 8 nitrogen and oxygen atoms in total. The topological polar surface area (TPSA) is 88.2 Å². The van der Waals surface area contributed by atoms with Gasteiger partial charge in [0.2, 0.25) is 5.91 Å². The van der Waals surface area contributed by atoms with Gasteiger partial charge < -0.3 is 19.7 Å². The van der Waals surface area contributed by atoms with E-state index in [4.69, 9.17) is 9.47 Å². The van der Waals surface area contributed by atoms with Crippen molar-refractivity contribution in [2.75, 3.05) is 44.1 Å². The zero-order valence-corrected chi connectivity index (χ0v) is 20.5. The summed E-state index contributed by atoms with van der Waals surface area (Å²) in [5, 5.41) is 2.81. The molecule has 0 fully saturated rings. The number of rotatable bonds is 10. The Balaban J connectivity index is 1.85. The highest BCUT2D eigenvalue weighted by Gasteiger charge is 2.29. The molecule has 34 heavy (non-hydrogen) atoms. The number of carbonyl (C=O) groups excluding carboxylic acids is 1. The number of hydrogen-bond donors (Lipinski definition) is 1. The third-order valence-electron chi connectivity index (χ3n) is 5.23. The maximum Gasteiger partial charge on any atom is 0.264 e. The first-order valence-electron chi connectivity index (χ1n) is 10.6. The SMILES string of the molecule is COc1ccc(S(=O)(=O)N(CC(=O)NCc2ccc(N(C)C)cc2)c2ccccc2OC)cc1. The Bertz CT molecular complexity index is 1210. The van der Waals surface area contributed by atoms with Gasteiger partial charge in [0.15, 0.2) is 0 Å². The van der Waals surface area contributed by atoms with E-state index in [0.29, 0.717) is 11.5 Å². The van der Waals surface area contributed by atoms with E-state index >= 15 is 0 Å². The molecule has 0 unspecified atom stereocenters. The van der Waals surface area contributed by atoms with Gasteiger partial charge in [0.1, 0.15) is 18.0 Å². The van der Waals surface area contributed by atoms with Crippen LogP contribution in [0.15, 0.2) is 77.7 Å². The molecule has 0 aliphatic carbocycles. The quantitative estimate of drug-likeness (QED) is 0.476. The van der Waals surface area contributed by atoms with Crippen molar-refractivity contribution in [2.24, 2.45) is 0 Å². The minimum Gasteiger partial charge on any atom is -0.497 e. The van der Waals surface area contributed by atoms with E-state index in [2.05, 4.69) is 5.32 Å². The number of para-hydroxylation sites is 2. The fraction of sp³-hybridized carbons (Fsp3) is 0.240. The lowest BCUT2D eigenvalue weighted by Gasteiger charge is -2.25. The number of hydrogen-bond acceptors (Lipinski definition) is 6. The van der Waals surface area contributed by atoms with Crippen LogP contribution in [0.2, 0.25) is 0 Å². The van der Waals surface area contributed by atoms with E-state index in [1.807, 2.05) is 43.3 Å². The number of nitrogens with zero attached hydrogens (tertiary/aromatic N) is 2. The Kier molecular flexibility index (Phi) is 8.01. The summed E-state index contributed by atoms with van der Waals surface area (Å²) in [6.07, 6.45) is 0. The van der Waals surface area contributed by atoms with E-state index in [-0.39, 0.29) is 17.1 Å². The molecule has 180 valence electrons. The Hall–Kier alpha value is -3.72. The number of methoxy groups -OCH3 is 2. The standard InChI is InChI=1S/C25H29N3O5S/c1-27(2)20-11-9-19(10-12-20)17-26-25(29)18-28(23-7-5-6-8-24(23)33-4)34(30,31)22-15-13-21(32-3)14-16-22/h5-16H,17-18H2,1-4H3,(H,26,29).